The van der Waals surface area contributed by atoms with Gasteiger partial charge in [0.25, 0.3) is 0 Å². The van der Waals surface area contributed by atoms with Crippen LogP contribution in [0.4, 0.5) is 0 Å². The fourth-order valence-electron chi connectivity index (χ4n) is 1.49. The maximum atomic E-state index is 5.23. The van der Waals surface area contributed by atoms with E-state index in [-0.39, 0.29) is 0 Å². The van der Waals surface area contributed by atoms with Crippen molar-refractivity contribution in [3.8, 4) is 5.75 Å². The van der Waals surface area contributed by atoms with Gasteiger partial charge >= 0.3 is 0 Å². The summed E-state index contributed by atoms with van der Waals surface area (Å²) in [4.78, 5) is 0. The van der Waals surface area contributed by atoms with Gasteiger partial charge in [0.1, 0.15) is 5.75 Å². The monoisotopic (exact) mass is 240 g/mol. The highest BCUT2D eigenvalue weighted by atomic mass is 16.5. The molecule has 0 aliphatic heterocycles. The minimum atomic E-state index is 1.01. The lowest BCUT2D eigenvalue weighted by Crippen LogP contribution is -1.91. The Balaban J connectivity index is -0.000000285. The third kappa shape index (κ3) is 8.79. The number of methoxy groups -OCH3 is 1. The van der Waals surface area contributed by atoms with E-state index in [2.05, 4.69) is 32.9 Å². The summed E-state index contributed by atoms with van der Waals surface area (Å²) in [5.74, 6) is 1.01. The van der Waals surface area contributed by atoms with Gasteiger partial charge in [-0.05, 0) is 31.9 Å². The Hall–Kier alpha value is -0.980. The second-order valence-corrected chi connectivity index (χ2v) is 2.93. The lowest BCUT2D eigenvalue weighted by Gasteiger charge is -2.08. The maximum Gasteiger partial charge on any atom is 0.124 e. The fourth-order valence-corrected chi connectivity index (χ4v) is 1.49. The molecule has 0 saturated heterocycles. The van der Waals surface area contributed by atoms with Crippen molar-refractivity contribution in [3.05, 3.63) is 28.8 Å². The van der Waals surface area contributed by atoms with E-state index >= 15 is 0 Å². The maximum absolute atomic E-state index is 5.23. The molecular weight excluding hydrogens is 208 g/mol. The van der Waals surface area contributed by atoms with Crippen molar-refractivity contribution >= 4 is 0 Å². The van der Waals surface area contributed by atoms with E-state index in [1.54, 1.807) is 7.11 Å². The summed E-state index contributed by atoms with van der Waals surface area (Å²) in [6.07, 6.45) is 0. The number of aryl methyl sites for hydroxylation is 3. The van der Waals surface area contributed by atoms with Gasteiger partial charge in [-0.1, -0.05) is 59.2 Å². The van der Waals surface area contributed by atoms with E-state index in [4.69, 9.17) is 4.74 Å². The molecule has 0 radical (unpaired) electrons. The van der Waals surface area contributed by atoms with E-state index in [0.29, 0.717) is 0 Å². The van der Waals surface area contributed by atoms with E-state index in [9.17, 15) is 0 Å². The molecule has 0 atom stereocenters. The third-order valence-electron chi connectivity index (χ3n) is 1.81. The zero-order valence-electron chi connectivity index (χ0n) is 13.6. The molecule has 1 rings (SSSR count). The van der Waals surface area contributed by atoms with Gasteiger partial charge in [-0.2, -0.15) is 0 Å². The second-order valence-electron chi connectivity index (χ2n) is 2.93. The van der Waals surface area contributed by atoms with E-state index < -0.39 is 0 Å². The number of hydrogen-bond donors (Lipinski definition) is 0. The standard InChI is InChI=1S/C10H14O.3C2H6/c1-7-5-8(2)10(11-4)9(3)6-7;3*1-2/h5-6H,1-4H3;3*1-2H3. The molecule has 0 N–H and O–H groups in total. The van der Waals surface area contributed by atoms with Crippen LogP contribution >= 0.6 is 0 Å². The smallest absolute Gasteiger partial charge is 0.124 e. The topological polar surface area (TPSA) is 9.23 Å². The normalized spacial score (nSPS) is 7.41. The summed E-state index contributed by atoms with van der Waals surface area (Å²) in [5.41, 5.74) is 3.72. The average Bonchev–Trinajstić information content (AvgIpc) is 2.36. The Morgan fingerprint density at radius 3 is 1.24 bits per heavy atom. The summed E-state index contributed by atoms with van der Waals surface area (Å²) in [5, 5.41) is 0. The highest BCUT2D eigenvalue weighted by Gasteiger charge is 2.01. The first-order valence-electron chi connectivity index (χ1n) is 6.77. The fraction of sp³-hybridized carbons (Fsp3) is 0.625. The number of rotatable bonds is 1. The predicted octanol–water partition coefficient (Wildman–Crippen LogP) is 5.70. The van der Waals surface area contributed by atoms with Crippen molar-refractivity contribution in [2.45, 2.75) is 62.3 Å². The zero-order chi connectivity index (χ0) is 14.4. The lowest BCUT2D eigenvalue weighted by atomic mass is 10.1. The van der Waals surface area contributed by atoms with Gasteiger partial charge in [0, 0.05) is 0 Å². The van der Waals surface area contributed by atoms with Gasteiger partial charge in [0.15, 0.2) is 0 Å². The molecule has 0 unspecified atom stereocenters. The second kappa shape index (κ2) is 15.0. The molecule has 17 heavy (non-hydrogen) atoms. The van der Waals surface area contributed by atoms with Crippen molar-refractivity contribution in [3.63, 3.8) is 0 Å². The Bertz CT molecular complexity index is 241. The molecule has 0 fully saturated rings. The number of benzene rings is 1. The van der Waals surface area contributed by atoms with Gasteiger partial charge in [-0.3, -0.25) is 0 Å². The third-order valence-corrected chi connectivity index (χ3v) is 1.81. The lowest BCUT2D eigenvalue weighted by molar-refractivity contribution is 0.408. The van der Waals surface area contributed by atoms with Crippen LogP contribution in [0, 0.1) is 20.8 Å². The van der Waals surface area contributed by atoms with Crippen molar-refractivity contribution in [2.75, 3.05) is 7.11 Å². The molecule has 1 heteroatoms. The molecule has 102 valence electrons. The van der Waals surface area contributed by atoms with Crippen molar-refractivity contribution in [1.29, 1.82) is 0 Å². The van der Waals surface area contributed by atoms with Crippen LogP contribution in [0.2, 0.25) is 0 Å². The molecule has 0 spiro atoms. The van der Waals surface area contributed by atoms with Crippen molar-refractivity contribution in [1.82, 2.24) is 0 Å². The van der Waals surface area contributed by atoms with Crippen LogP contribution < -0.4 is 4.74 Å². The summed E-state index contributed by atoms with van der Waals surface area (Å²) >= 11 is 0. The van der Waals surface area contributed by atoms with Crippen LogP contribution in [0.3, 0.4) is 0 Å². The summed E-state index contributed by atoms with van der Waals surface area (Å²) in [7, 11) is 1.71. The highest BCUT2D eigenvalue weighted by Crippen LogP contribution is 2.23. The van der Waals surface area contributed by atoms with Gasteiger partial charge in [-0.25, -0.2) is 0 Å². The van der Waals surface area contributed by atoms with Gasteiger partial charge < -0.3 is 4.74 Å². The van der Waals surface area contributed by atoms with Crippen molar-refractivity contribution < 1.29 is 4.74 Å². The molecule has 1 aromatic rings. The van der Waals surface area contributed by atoms with Crippen LogP contribution in [0.1, 0.15) is 58.2 Å². The Labute approximate surface area is 109 Å². The van der Waals surface area contributed by atoms with Crippen LogP contribution in [0.25, 0.3) is 0 Å². The van der Waals surface area contributed by atoms with Gasteiger partial charge in [0.2, 0.25) is 0 Å². The first kappa shape index (κ1) is 21.3. The summed E-state index contributed by atoms with van der Waals surface area (Å²) in [6, 6.07) is 4.26. The van der Waals surface area contributed by atoms with E-state index in [1.165, 1.54) is 16.7 Å². The first-order valence-corrected chi connectivity index (χ1v) is 6.77. The van der Waals surface area contributed by atoms with Gasteiger partial charge in [0.05, 0.1) is 7.11 Å². The highest BCUT2D eigenvalue weighted by molar-refractivity contribution is 5.42. The molecule has 0 bridgehead atoms. The Morgan fingerprint density at radius 1 is 0.706 bits per heavy atom. The van der Waals surface area contributed by atoms with Gasteiger partial charge in [-0.15, -0.1) is 0 Å². The van der Waals surface area contributed by atoms with Crippen LogP contribution in [0.15, 0.2) is 12.1 Å². The average molecular weight is 240 g/mol. The van der Waals surface area contributed by atoms with Crippen LogP contribution in [0.5, 0.6) is 5.75 Å². The quantitative estimate of drug-likeness (QED) is 0.612. The van der Waals surface area contributed by atoms with E-state index in [0.717, 1.165) is 5.75 Å². The summed E-state index contributed by atoms with van der Waals surface area (Å²) in [6.45, 7) is 18.2. The largest absolute Gasteiger partial charge is 0.496 e. The zero-order valence-corrected chi connectivity index (χ0v) is 13.6. The number of hydrogen-bond acceptors (Lipinski definition) is 1. The first-order chi connectivity index (χ1) is 8.15. The molecule has 0 aliphatic rings. The summed E-state index contributed by atoms with van der Waals surface area (Å²) < 4.78 is 5.23. The minimum absolute atomic E-state index is 1.01. The molecule has 0 amide bonds. The Morgan fingerprint density at radius 2 is 1.00 bits per heavy atom. The predicted molar refractivity (Wildman–Crippen MR) is 81.2 cm³/mol. The molecule has 1 nitrogen and oxygen atoms in total. The van der Waals surface area contributed by atoms with E-state index in [1.807, 2.05) is 41.5 Å². The van der Waals surface area contributed by atoms with Crippen molar-refractivity contribution in [2.24, 2.45) is 0 Å². The molecule has 0 aliphatic carbocycles. The molecule has 0 saturated carbocycles. The molecular formula is C16H32O. The molecule has 0 heterocycles. The Kier molecular flexibility index (Phi) is 18.8. The SMILES string of the molecule is CC.CC.CC.COc1c(C)cc(C)cc1C. The van der Waals surface area contributed by atoms with Crippen LogP contribution in [-0.4, -0.2) is 7.11 Å². The molecule has 1 aromatic carbocycles. The minimum Gasteiger partial charge on any atom is -0.496 e. The van der Waals surface area contributed by atoms with Crippen LogP contribution in [-0.2, 0) is 0 Å². The molecule has 0 aromatic heterocycles. The number of ether oxygens (including phenoxy) is 1.